The average molecular weight is 262 g/mol. The lowest BCUT2D eigenvalue weighted by Crippen LogP contribution is -2.18. The van der Waals surface area contributed by atoms with Crippen LogP contribution in [0.25, 0.3) is 5.69 Å². The Morgan fingerprint density at radius 2 is 2.22 bits per heavy atom. The number of rotatable bonds is 4. The van der Waals surface area contributed by atoms with Crippen molar-refractivity contribution in [3.8, 4) is 5.69 Å². The molecule has 1 heterocycles. The number of anilines is 1. The number of nitrogens with one attached hydrogen (secondary N) is 1. The van der Waals surface area contributed by atoms with Gasteiger partial charge in [0.05, 0.1) is 10.7 Å². The topological polar surface area (TPSA) is 29.9 Å². The van der Waals surface area contributed by atoms with E-state index >= 15 is 0 Å². The molecule has 3 nitrogen and oxygen atoms in total. The maximum atomic E-state index is 6.30. The third-order valence-electron chi connectivity index (χ3n) is 3.43. The van der Waals surface area contributed by atoms with Crippen molar-refractivity contribution >= 4 is 17.3 Å². The van der Waals surface area contributed by atoms with Crippen LogP contribution < -0.4 is 5.32 Å². The zero-order valence-electron chi connectivity index (χ0n) is 10.3. The molecule has 1 saturated carbocycles. The lowest BCUT2D eigenvalue weighted by Gasteiger charge is -2.18. The molecule has 0 aliphatic heterocycles. The molecule has 1 unspecified atom stereocenters. The molecule has 1 aromatic carbocycles. The van der Waals surface area contributed by atoms with Crippen molar-refractivity contribution in [2.45, 2.75) is 25.8 Å². The SMILES string of the molecule is CC(Nc1cccc(Cl)c1-n1cccn1)C1CC1. The van der Waals surface area contributed by atoms with Crippen molar-refractivity contribution in [2.24, 2.45) is 5.92 Å². The molecule has 1 fully saturated rings. The first kappa shape index (κ1) is 11.6. The molecule has 18 heavy (non-hydrogen) atoms. The van der Waals surface area contributed by atoms with Crippen LogP contribution in [0.4, 0.5) is 5.69 Å². The van der Waals surface area contributed by atoms with Crippen molar-refractivity contribution in [1.82, 2.24) is 9.78 Å². The molecule has 1 N–H and O–H groups in total. The van der Waals surface area contributed by atoms with Gasteiger partial charge >= 0.3 is 0 Å². The summed E-state index contributed by atoms with van der Waals surface area (Å²) >= 11 is 6.30. The second-order valence-corrected chi connectivity index (χ2v) is 5.26. The van der Waals surface area contributed by atoms with Gasteiger partial charge in [-0.25, -0.2) is 4.68 Å². The summed E-state index contributed by atoms with van der Waals surface area (Å²) in [5, 5.41) is 8.54. The van der Waals surface area contributed by atoms with E-state index in [2.05, 4.69) is 23.4 Å². The van der Waals surface area contributed by atoms with Crippen molar-refractivity contribution in [3.05, 3.63) is 41.7 Å². The lowest BCUT2D eigenvalue weighted by molar-refractivity contribution is 0.692. The molecule has 0 bridgehead atoms. The van der Waals surface area contributed by atoms with Gasteiger partial charge in [0.2, 0.25) is 0 Å². The molecular weight excluding hydrogens is 246 g/mol. The Morgan fingerprint density at radius 1 is 1.39 bits per heavy atom. The maximum absolute atomic E-state index is 6.30. The maximum Gasteiger partial charge on any atom is 0.106 e. The summed E-state index contributed by atoms with van der Waals surface area (Å²) in [6.45, 7) is 2.23. The molecule has 2 aromatic rings. The van der Waals surface area contributed by atoms with Gasteiger partial charge in [0.15, 0.2) is 0 Å². The normalized spacial score (nSPS) is 16.6. The Morgan fingerprint density at radius 3 is 2.89 bits per heavy atom. The summed E-state index contributed by atoms with van der Waals surface area (Å²) in [5.41, 5.74) is 1.97. The first-order valence-electron chi connectivity index (χ1n) is 6.31. The van der Waals surface area contributed by atoms with Gasteiger partial charge in [-0.2, -0.15) is 5.10 Å². The van der Waals surface area contributed by atoms with E-state index in [1.807, 2.05) is 29.1 Å². The van der Waals surface area contributed by atoms with Crippen LogP contribution >= 0.6 is 11.6 Å². The van der Waals surface area contributed by atoms with E-state index in [4.69, 9.17) is 11.6 Å². The average Bonchev–Trinajstić information content (AvgIpc) is 3.07. The molecule has 3 rings (SSSR count). The third-order valence-corrected chi connectivity index (χ3v) is 3.74. The molecule has 1 aromatic heterocycles. The van der Waals surface area contributed by atoms with Gasteiger partial charge in [0.25, 0.3) is 0 Å². The molecule has 4 heteroatoms. The Balaban J connectivity index is 1.95. The number of para-hydroxylation sites is 1. The molecule has 0 spiro atoms. The van der Waals surface area contributed by atoms with Gasteiger partial charge in [0, 0.05) is 18.4 Å². The van der Waals surface area contributed by atoms with Crippen LogP contribution in [0, 0.1) is 5.92 Å². The highest BCUT2D eigenvalue weighted by Crippen LogP contribution is 2.36. The van der Waals surface area contributed by atoms with Crippen LogP contribution in [0.2, 0.25) is 5.02 Å². The van der Waals surface area contributed by atoms with Crippen molar-refractivity contribution in [2.75, 3.05) is 5.32 Å². The van der Waals surface area contributed by atoms with Crippen LogP contribution in [0.1, 0.15) is 19.8 Å². The zero-order chi connectivity index (χ0) is 12.5. The van der Waals surface area contributed by atoms with Crippen LogP contribution in [-0.4, -0.2) is 15.8 Å². The molecule has 1 atom stereocenters. The highest BCUT2D eigenvalue weighted by Gasteiger charge is 2.28. The van der Waals surface area contributed by atoms with Crippen molar-refractivity contribution in [1.29, 1.82) is 0 Å². The minimum absolute atomic E-state index is 0.484. The predicted octanol–water partition coefficient (Wildman–Crippen LogP) is 3.74. The molecule has 1 aliphatic carbocycles. The number of nitrogens with zero attached hydrogens (tertiary/aromatic N) is 2. The van der Waals surface area contributed by atoms with Crippen LogP contribution in [0.3, 0.4) is 0 Å². The highest BCUT2D eigenvalue weighted by atomic mass is 35.5. The predicted molar refractivity (Wildman–Crippen MR) is 74.4 cm³/mol. The van der Waals surface area contributed by atoms with Gasteiger partial charge < -0.3 is 5.32 Å². The monoisotopic (exact) mass is 261 g/mol. The molecule has 0 amide bonds. The lowest BCUT2D eigenvalue weighted by atomic mass is 10.2. The van der Waals surface area contributed by atoms with Crippen molar-refractivity contribution < 1.29 is 0 Å². The first-order valence-corrected chi connectivity index (χ1v) is 6.68. The highest BCUT2D eigenvalue weighted by molar-refractivity contribution is 6.33. The third kappa shape index (κ3) is 2.23. The fourth-order valence-corrected chi connectivity index (χ4v) is 2.49. The summed E-state index contributed by atoms with van der Waals surface area (Å²) in [6, 6.07) is 8.31. The number of aromatic nitrogens is 2. The zero-order valence-corrected chi connectivity index (χ0v) is 11.1. The molecule has 1 aliphatic rings. The van der Waals surface area contributed by atoms with Gasteiger partial charge in [-0.3, -0.25) is 0 Å². The van der Waals surface area contributed by atoms with E-state index in [9.17, 15) is 0 Å². The number of benzene rings is 1. The Bertz CT molecular complexity index is 532. The van der Waals surface area contributed by atoms with E-state index in [-0.39, 0.29) is 0 Å². The Kier molecular flexibility index (Phi) is 3.00. The summed E-state index contributed by atoms with van der Waals surface area (Å²) < 4.78 is 1.81. The quantitative estimate of drug-likeness (QED) is 0.909. The Hall–Kier alpha value is -1.48. The largest absolute Gasteiger partial charge is 0.381 e. The van der Waals surface area contributed by atoms with Gasteiger partial charge in [-0.15, -0.1) is 0 Å². The number of halogens is 1. The number of hydrogen-bond donors (Lipinski definition) is 1. The minimum atomic E-state index is 0.484. The fourth-order valence-electron chi connectivity index (χ4n) is 2.23. The summed E-state index contributed by atoms with van der Waals surface area (Å²) in [7, 11) is 0. The van der Waals surface area contributed by atoms with E-state index in [1.165, 1.54) is 12.8 Å². The summed E-state index contributed by atoms with van der Waals surface area (Å²) in [4.78, 5) is 0. The molecule has 0 radical (unpaired) electrons. The van der Waals surface area contributed by atoms with Crippen molar-refractivity contribution in [3.63, 3.8) is 0 Å². The van der Waals surface area contributed by atoms with E-state index in [0.29, 0.717) is 11.1 Å². The van der Waals surface area contributed by atoms with E-state index < -0.39 is 0 Å². The van der Waals surface area contributed by atoms with Crippen LogP contribution in [-0.2, 0) is 0 Å². The van der Waals surface area contributed by atoms with E-state index in [0.717, 1.165) is 17.3 Å². The first-order chi connectivity index (χ1) is 8.75. The minimum Gasteiger partial charge on any atom is -0.381 e. The van der Waals surface area contributed by atoms with E-state index in [1.54, 1.807) is 6.20 Å². The van der Waals surface area contributed by atoms with Crippen LogP contribution in [0.5, 0.6) is 0 Å². The summed E-state index contributed by atoms with van der Waals surface area (Å²) in [6.07, 6.45) is 6.32. The Labute approximate surface area is 112 Å². The second-order valence-electron chi connectivity index (χ2n) is 4.86. The van der Waals surface area contributed by atoms with Gasteiger partial charge in [0.1, 0.15) is 5.69 Å². The van der Waals surface area contributed by atoms with Crippen LogP contribution in [0.15, 0.2) is 36.7 Å². The molecule has 94 valence electrons. The number of hydrogen-bond acceptors (Lipinski definition) is 2. The molecule has 0 saturated heterocycles. The smallest absolute Gasteiger partial charge is 0.106 e. The van der Waals surface area contributed by atoms with Gasteiger partial charge in [-0.1, -0.05) is 17.7 Å². The molecular formula is C14H16ClN3. The summed E-state index contributed by atoms with van der Waals surface area (Å²) in [5.74, 6) is 0.800. The fraction of sp³-hybridized carbons (Fsp3) is 0.357. The van der Waals surface area contributed by atoms with Gasteiger partial charge in [-0.05, 0) is 43.9 Å². The second kappa shape index (κ2) is 4.65. The standard InChI is InChI=1S/C14H16ClN3/c1-10(11-6-7-11)17-13-5-2-4-12(15)14(13)18-9-3-8-16-18/h2-5,8-11,17H,6-7H2,1H3.